The van der Waals surface area contributed by atoms with Gasteiger partial charge in [0.05, 0.1) is 6.54 Å². The molecule has 0 saturated heterocycles. The third-order valence-corrected chi connectivity index (χ3v) is 4.09. The van der Waals surface area contributed by atoms with Crippen LogP contribution in [0, 0.1) is 0 Å². The fraction of sp³-hybridized carbons (Fsp3) is 0.273. The van der Waals surface area contributed by atoms with E-state index in [1.54, 1.807) is 6.26 Å². The standard InChI is InChI=1S/C22H26N4O/c1-2-23-22(24-15-9-12-18-10-5-3-6-11-18)25-16-20-17-27-21(26-20)19-13-7-4-8-14-19/h3-8,10-11,13-14,17H,2,9,12,15-16H2,1H3,(H2,23,24,25). The largest absolute Gasteiger partial charge is 0.444 e. The molecule has 0 amide bonds. The molecule has 0 spiro atoms. The molecular weight excluding hydrogens is 336 g/mol. The fourth-order valence-corrected chi connectivity index (χ4v) is 2.74. The topological polar surface area (TPSA) is 62.5 Å². The molecule has 5 nitrogen and oxygen atoms in total. The zero-order valence-electron chi connectivity index (χ0n) is 15.7. The van der Waals surface area contributed by atoms with Crippen LogP contribution in [0.25, 0.3) is 11.5 Å². The monoisotopic (exact) mass is 362 g/mol. The van der Waals surface area contributed by atoms with Crippen molar-refractivity contribution in [3.05, 3.63) is 78.2 Å². The summed E-state index contributed by atoms with van der Waals surface area (Å²) in [6.45, 7) is 4.22. The van der Waals surface area contributed by atoms with E-state index in [0.717, 1.165) is 43.1 Å². The number of nitrogens with one attached hydrogen (secondary N) is 2. The Bertz CT molecular complexity index is 828. The van der Waals surface area contributed by atoms with Crippen LogP contribution < -0.4 is 10.6 Å². The molecule has 0 aliphatic rings. The second-order valence-electron chi connectivity index (χ2n) is 6.22. The highest BCUT2D eigenvalue weighted by atomic mass is 16.3. The number of nitrogens with zero attached hydrogens (tertiary/aromatic N) is 2. The Morgan fingerprint density at radius 3 is 2.48 bits per heavy atom. The molecule has 0 bridgehead atoms. The summed E-state index contributed by atoms with van der Waals surface area (Å²) in [6.07, 6.45) is 3.78. The van der Waals surface area contributed by atoms with Crippen molar-refractivity contribution >= 4 is 5.96 Å². The van der Waals surface area contributed by atoms with E-state index in [1.165, 1.54) is 5.56 Å². The van der Waals surface area contributed by atoms with E-state index >= 15 is 0 Å². The molecule has 2 N–H and O–H groups in total. The normalized spacial score (nSPS) is 11.4. The summed E-state index contributed by atoms with van der Waals surface area (Å²) in [6, 6.07) is 20.4. The van der Waals surface area contributed by atoms with Gasteiger partial charge in [0.1, 0.15) is 12.0 Å². The molecule has 0 saturated carbocycles. The summed E-state index contributed by atoms with van der Waals surface area (Å²) in [7, 11) is 0. The van der Waals surface area contributed by atoms with Crippen LogP contribution in [-0.4, -0.2) is 24.0 Å². The molecule has 27 heavy (non-hydrogen) atoms. The summed E-state index contributed by atoms with van der Waals surface area (Å²) in [4.78, 5) is 9.13. The molecule has 5 heteroatoms. The van der Waals surface area contributed by atoms with Crippen molar-refractivity contribution < 1.29 is 4.42 Å². The minimum atomic E-state index is 0.477. The molecule has 0 fully saturated rings. The van der Waals surface area contributed by atoms with Crippen LogP contribution >= 0.6 is 0 Å². The number of guanidine groups is 1. The van der Waals surface area contributed by atoms with Crippen LogP contribution in [0.2, 0.25) is 0 Å². The van der Waals surface area contributed by atoms with Gasteiger partial charge in [-0.2, -0.15) is 0 Å². The van der Waals surface area contributed by atoms with Crippen molar-refractivity contribution in [2.24, 2.45) is 4.99 Å². The van der Waals surface area contributed by atoms with Crippen LogP contribution in [0.5, 0.6) is 0 Å². The summed E-state index contributed by atoms with van der Waals surface area (Å²) < 4.78 is 5.57. The lowest BCUT2D eigenvalue weighted by Gasteiger charge is -2.10. The smallest absolute Gasteiger partial charge is 0.226 e. The first-order valence-corrected chi connectivity index (χ1v) is 9.41. The fourth-order valence-electron chi connectivity index (χ4n) is 2.74. The number of benzene rings is 2. The molecule has 0 radical (unpaired) electrons. The Balaban J connectivity index is 1.50. The predicted molar refractivity (Wildman–Crippen MR) is 110 cm³/mol. The molecule has 3 aromatic rings. The average Bonchev–Trinajstić information content (AvgIpc) is 3.20. The van der Waals surface area contributed by atoms with Gasteiger partial charge in [0.25, 0.3) is 0 Å². The van der Waals surface area contributed by atoms with Crippen LogP contribution in [-0.2, 0) is 13.0 Å². The van der Waals surface area contributed by atoms with Gasteiger partial charge in [-0.1, -0.05) is 48.5 Å². The zero-order chi connectivity index (χ0) is 18.7. The summed E-state index contributed by atoms with van der Waals surface area (Å²) in [5.74, 6) is 1.43. The highest BCUT2D eigenvalue weighted by Crippen LogP contribution is 2.18. The second kappa shape index (κ2) is 10.2. The number of hydrogen-bond donors (Lipinski definition) is 2. The van der Waals surface area contributed by atoms with Crippen molar-refractivity contribution in [2.45, 2.75) is 26.3 Å². The highest BCUT2D eigenvalue weighted by Gasteiger charge is 2.06. The quantitative estimate of drug-likeness (QED) is 0.361. The van der Waals surface area contributed by atoms with Gasteiger partial charge >= 0.3 is 0 Å². The summed E-state index contributed by atoms with van der Waals surface area (Å²) in [5.41, 5.74) is 3.14. The Kier molecular flexibility index (Phi) is 7.04. The third kappa shape index (κ3) is 5.99. The van der Waals surface area contributed by atoms with Crippen LogP contribution in [0.4, 0.5) is 0 Å². The lowest BCUT2D eigenvalue weighted by atomic mass is 10.1. The summed E-state index contributed by atoms with van der Waals surface area (Å²) >= 11 is 0. The van der Waals surface area contributed by atoms with Crippen LogP contribution in [0.3, 0.4) is 0 Å². The Labute approximate surface area is 160 Å². The van der Waals surface area contributed by atoms with Crippen molar-refractivity contribution in [3.63, 3.8) is 0 Å². The number of aromatic nitrogens is 1. The van der Waals surface area contributed by atoms with Gasteiger partial charge in [-0.3, -0.25) is 0 Å². The lowest BCUT2D eigenvalue weighted by molar-refractivity contribution is 0.572. The molecule has 1 heterocycles. The molecule has 0 aliphatic carbocycles. The first-order chi connectivity index (χ1) is 13.3. The Morgan fingerprint density at radius 2 is 1.74 bits per heavy atom. The van der Waals surface area contributed by atoms with Crippen LogP contribution in [0.15, 0.2) is 76.3 Å². The Hall–Kier alpha value is -3.08. The van der Waals surface area contributed by atoms with Crippen molar-refractivity contribution in [2.75, 3.05) is 13.1 Å². The maximum absolute atomic E-state index is 5.57. The molecule has 0 aliphatic heterocycles. The molecule has 0 atom stereocenters. The second-order valence-corrected chi connectivity index (χ2v) is 6.22. The van der Waals surface area contributed by atoms with E-state index in [2.05, 4.69) is 51.8 Å². The van der Waals surface area contributed by atoms with E-state index in [0.29, 0.717) is 12.4 Å². The van der Waals surface area contributed by atoms with Crippen molar-refractivity contribution in [3.8, 4) is 11.5 Å². The van der Waals surface area contributed by atoms with Gasteiger partial charge in [0.15, 0.2) is 5.96 Å². The van der Waals surface area contributed by atoms with Crippen molar-refractivity contribution in [1.29, 1.82) is 0 Å². The number of aliphatic imine (C=N–C) groups is 1. The predicted octanol–water partition coefficient (Wildman–Crippen LogP) is 4.03. The lowest BCUT2D eigenvalue weighted by Crippen LogP contribution is -2.37. The molecule has 2 aromatic carbocycles. The van der Waals surface area contributed by atoms with E-state index in [9.17, 15) is 0 Å². The van der Waals surface area contributed by atoms with E-state index in [4.69, 9.17) is 4.42 Å². The summed E-state index contributed by atoms with van der Waals surface area (Å²) in [5, 5.41) is 6.65. The van der Waals surface area contributed by atoms with Gasteiger partial charge in [0.2, 0.25) is 5.89 Å². The average molecular weight is 362 g/mol. The van der Waals surface area contributed by atoms with Gasteiger partial charge < -0.3 is 15.1 Å². The van der Waals surface area contributed by atoms with E-state index in [-0.39, 0.29) is 0 Å². The van der Waals surface area contributed by atoms with E-state index in [1.807, 2.05) is 36.4 Å². The van der Waals surface area contributed by atoms with Crippen LogP contribution in [0.1, 0.15) is 24.6 Å². The number of aryl methyl sites for hydroxylation is 1. The number of rotatable bonds is 8. The maximum atomic E-state index is 5.57. The first kappa shape index (κ1) is 18.7. The minimum Gasteiger partial charge on any atom is -0.444 e. The molecule has 140 valence electrons. The highest BCUT2D eigenvalue weighted by molar-refractivity contribution is 5.79. The third-order valence-electron chi connectivity index (χ3n) is 4.09. The van der Waals surface area contributed by atoms with Gasteiger partial charge in [0, 0.05) is 18.7 Å². The molecule has 3 rings (SSSR count). The maximum Gasteiger partial charge on any atom is 0.226 e. The minimum absolute atomic E-state index is 0.477. The van der Waals surface area contributed by atoms with E-state index < -0.39 is 0 Å². The molecule has 0 unspecified atom stereocenters. The molecular formula is C22H26N4O. The Morgan fingerprint density at radius 1 is 1.00 bits per heavy atom. The van der Waals surface area contributed by atoms with Gasteiger partial charge in [-0.05, 0) is 37.5 Å². The SMILES string of the molecule is CCNC(=NCc1coc(-c2ccccc2)n1)NCCCc1ccccc1. The number of hydrogen-bond acceptors (Lipinski definition) is 3. The van der Waals surface area contributed by atoms with Gasteiger partial charge in [-0.25, -0.2) is 9.98 Å². The molecule has 1 aromatic heterocycles. The van der Waals surface area contributed by atoms with Crippen molar-refractivity contribution in [1.82, 2.24) is 15.6 Å². The zero-order valence-corrected chi connectivity index (χ0v) is 15.7. The van der Waals surface area contributed by atoms with Gasteiger partial charge in [-0.15, -0.1) is 0 Å². The first-order valence-electron chi connectivity index (χ1n) is 9.41. The number of oxazole rings is 1.